The van der Waals surface area contributed by atoms with Crippen molar-refractivity contribution in [2.45, 2.75) is 30.5 Å². The zero-order chi connectivity index (χ0) is 16.8. The fourth-order valence-corrected chi connectivity index (χ4v) is 3.62. The highest BCUT2D eigenvalue weighted by Crippen LogP contribution is 2.31. The van der Waals surface area contributed by atoms with Gasteiger partial charge in [-0.05, 0) is 31.5 Å². The number of nitrogens with one attached hydrogen (secondary N) is 1. The van der Waals surface area contributed by atoms with Crippen LogP contribution >= 0.6 is 23.1 Å². The van der Waals surface area contributed by atoms with Crippen LogP contribution in [0.4, 0.5) is 14.5 Å². The van der Waals surface area contributed by atoms with E-state index in [-0.39, 0.29) is 18.1 Å². The first-order valence-corrected chi connectivity index (χ1v) is 8.57. The van der Waals surface area contributed by atoms with Crippen LogP contribution in [0.3, 0.4) is 0 Å². The zero-order valence-corrected chi connectivity index (χ0v) is 13.9. The highest BCUT2D eigenvalue weighted by Gasteiger charge is 2.10. The van der Waals surface area contributed by atoms with Gasteiger partial charge in [0.15, 0.2) is 4.34 Å². The summed E-state index contributed by atoms with van der Waals surface area (Å²) < 4.78 is 25.9. The number of hydrogen-bond acceptors (Lipinski definition) is 6. The summed E-state index contributed by atoms with van der Waals surface area (Å²) in [6.07, 6.45) is -1.78. The molecule has 0 atom stereocenters. The zero-order valence-electron chi connectivity index (χ0n) is 12.3. The standard InChI is InChI=1S/C14H15F2N3O2S2/c1-8(19-21)2-5-13(20)17-9-3-4-10-11(6-9)23-14(18-10)22-7-12(15)16/h3-4,6,12,21H,2,5,7H2,1H3,(H,17,20). The third-order valence-corrected chi connectivity index (χ3v) is 5.04. The van der Waals surface area contributed by atoms with Gasteiger partial charge in [-0.2, -0.15) is 0 Å². The molecule has 124 valence electrons. The van der Waals surface area contributed by atoms with Gasteiger partial charge in [-0.3, -0.25) is 4.79 Å². The normalized spacial score (nSPS) is 12.1. The van der Waals surface area contributed by atoms with Crippen LogP contribution in [0, 0.1) is 0 Å². The van der Waals surface area contributed by atoms with Crippen molar-refractivity contribution in [2.75, 3.05) is 11.1 Å². The minimum atomic E-state index is -2.37. The van der Waals surface area contributed by atoms with Crippen LogP contribution in [0.25, 0.3) is 10.2 Å². The summed E-state index contributed by atoms with van der Waals surface area (Å²) in [5.41, 5.74) is 1.82. The Morgan fingerprint density at radius 1 is 1.48 bits per heavy atom. The molecule has 0 bridgehead atoms. The molecule has 1 aromatic heterocycles. The second kappa shape index (κ2) is 8.21. The predicted molar refractivity (Wildman–Crippen MR) is 89.1 cm³/mol. The Labute approximate surface area is 139 Å². The summed E-state index contributed by atoms with van der Waals surface area (Å²) >= 11 is 2.34. The Kier molecular flexibility index (Phi) is 6.28. The topological polar surface area (TPSA) is 74.6 Å². The van der Waals surface area contributed by atoms with Gasteiger partial charge in [-0.25, -0.2) is 13.8 Å². The number of carbonyl (C=O) groups is 1. The third kappa shape index (κ3) is 5.43. The van der Waals surface area contributed by atoms with Gasteiger partial charge in [-0.1, -0.05) is 16.9 Å². The van der Waals surface area contributed by atoms with Gasteiger partial charge >= 0.3 is 0 Å². The fraction of sp³-hybridized carbons (Fsp3) is 0.357. The number of carbonyl (C=O) groups excluding carboxylic acids is 1. The quantitative estimate of drug-likeness (QED) is 0.336. The lowest BCUT2D eigenvalue weighted by Gasteiger charge is -2.04. The van der Waals surface area contributed by atoms with Gasteiger partial charge in [-0.15, -0.1) is 11.3 Å². The molecule has 1 amide bonds. The molecular formula is C14H15F2N3O2S2. The molecule has 0 aliphatic rings. The number of thioether (sulfide) groups is 1. The lowest BCUT2D eigenvalue weighted by Crippen LogP contribution is -2.12. The number of anilines is 1. The van der Waals surface area contributed by atoms with E-state index >= 15 is 0 Å². The van der Waals surface area contributed by atoms with Gasteiger partial charge in [0.05, 0.1) is 21.7 Å². The predicted octanol–water partition coefficient (Wildman–Crippen LogP) is 4.22. The van der Waals surface area contributed by atoms with Gasteiger partial charge in [0, 0.05) is 12.1 Å². The second-order valence-electron chi connectivity index (χ2n) is 4.75. The van der Waals surface area contributed by atoms with Crippen molar-refractivity contribution < 1.29 is 18.8 Å². The number of hydrogen-bond donors (Lipinski definition) is 2. The molecule has 9 heteroatoms. The van der Waals surface area contributed by atoms with Crippen molar-refractivity contribution in [3.63, 3.8) is 0 Å². The number of oxime groups is 1. The van der Waals surface area contributed by atoms with Crippen molar-refractivity contribution in [1.82, 2.24) is 4.98 Å². The molecule has 2 N–H and O–H groups in total. The summed E-state index contributed by atoms with van der Waals surface area (Å²) in [6, 6.07) is 5.23. The minimum Gasteiger partial charge on any atom is -0.411 e. The number of halogens is 2. The van der Waals surface area contributed by atoms with Crippen molar-refractivity contribution >= 4 is 50.6 Å². The first kappa shape index (κ1) is 17.6. The number of aromatic nitrogens is 1. The molecule has 23 heavy (non-hydrogen) atoms. The summed E-state index contributed by atoms with van der Waals surface area (Å²) in [5, 5.41) is 14.3. The smallest absolute Gasteiger partial charge is 0.248 e. The maximum atomic E-state index is 12.2. The van der Waals surface area contributed by atoms with E-state index in [1.165, 1.54) is 11.3 Å². The van der Waals surface area contributed by atoms with E-state index in [9.17, 15) is 13.6 Å². The second-order valence-corrected chi connectivity index (χ2v) is 7.05. The number of alkyl halides is 2. The van der Waals surface area contributed by atoms with Gasteiger partial charge in [0.2, 0.25) is 12.3 Å². The molecule has 0 aliphatic carbocycles. The molecule has 0 spiro atoms. The summed E-state index contributed by atoms with van der Waals surface area (Å²) in [5.74, 6) is -0.473. The number of nitrogens with zero attached hydrogens (tertiary/aromatic N) is 2. The van der Waals surface area contributed by atoms with E-state index in [0.717, 1.165) is 16.5 Å². The van der Waals surface area contributed by atoms with Crippen LogP contribution in [0.2, 0.25) is 0 Å². The molecule has 1 aromatic carbocycles. The molecule has 5 nitrogen and oxygen atoms in total. The maximum absolute atomic E-state index is 12.2. The van der Waals surface area contributed by atoms with Crippen LogP contribution in [0.1, 0.15) is 19.8 Å². The average Bonchev–Trinajstić information content (AvgIpc) is 2.92. The van der Waals surface area contributed by atoms with Crippen LogP contribution in [0.5, 0.6) is 0 Å². The average molecular weight is 359 g/mol. The number of thiazole rings is 1. The highest BCUT2D eigenvalue weighted by molar-refractivity contribution is 8.01. The van der Waals surface area contributed by atoms with Crippen molar-refractivity contribution in [2.24, 2.45) is 5.16 Å². The van der Waals surface area contributed by atoms with Crippen LogP contribution in [-0.4, -0.2) is 34.0 Å². The van der Waals surface area contributed by atoms with Crippen molar-refractivity contribution in [1.29, 1.82) is 0 Å². The maximum Gasteiger partial charge on any atom is 0.248 e. The lowest BCUT2D eigenvalue weighted by atomic mass is 10.2. The number of fused-ring (bicyclic) bond motifs is 1. The Hall–Kier alpha value is -1.74. The lowest BCUT2D eigenvalue weighted by molar-refractivity contribution is -0.116. The number of rotatable bonds is 7. The minimum absolute atomic E-state index is 0.191. The van der Waals surface area contributed by atoms with E-state index in [1.807, 2.05) is 0 Å². The van der Waals surface area contributed by atoms with Crippen LogP contribution in [-0.2, 0) is 4.79 Å². The fourth-order valence-electron chi connectivity index (χ4n) is 1.75. The van der Waals surface area contributed by atoms with Gasteiger partial charge in [0.1, 0.15) is 0 Å². The summed E-state index contributed by atoms with van der Waals surface area (Å²) in [6.45, 7) is 1.63. The Bertz CT molecular complexity index is 719. The van der Waals surface area contributed by atoms with Gasteiger partial charge in [0.25, 0.3) is 0 Å². The van der Waals surface area contributed by atoms with E-state index in [4.69, 9.17) is 5.21 Å². The van der Waals surface area contributed by atoms with Crippen LogP contribution < -0.4 is 5.32 Å². The molecule has 0 saturated carbocycles. The summed E-state index contributed by atoms with van der Waals surface area (Å²) in [4.78, 5) is 16.1. The summed E-state index contributed by atoms with van der Waals surface area (Å²) in [7, 11) is 0. The van der Waals surface area contributed by atoms with Crippen molar-refractivity contribution in [3.05, 3.63) is 18.2 Å². The molecule has 2 rings (SSSR count). The first-order valence-electron chi connectivity index (χ1n) is 6.77. The van der Waals surface area contributed by atoms with Gasteiger partial charge < -0.3 is 10.5 Å². The van der Waals surface area contributed by atoms with E-state index in [2.05, 4.69) is 15.5 Å². The van der Waals surface area contributed by atoms with Crippen molar-refractivity contribution in [3.8, 4) is 0 Å². The molecule has 0 unspecified atom stereocenters. The third-order valence-electron chi connectivity index (χ3n) is 2.87. The largest absolute Gasteiger partial charge is 0.411 e. The molecule has 0 radical (unpaired) electrons. The highest BCUT2D eigenvalue weighted by atomic mass is 32.2. The molecular weight excluding hydrogens is 344 g/mol. The Balaban J connectivity index is 2.00. The Morgan fingerprint density at radius 2 is 2.26 bits per heavy atom. The van der Waals surface area contributed by atoms with E-state index < -0.39 is 6.43 Å². The van der Waals surface area contributed by atoms with Crippen LogP contribution in [0.15, 0.2) is 27.7 Å². The molecule has 0 fully saturated rings. The molecule has 2 aromatic rings. The monoisotopic (exact) mass is 359 g/mol. The first-order chi connectivity index (χ1) is 11.0. The Morgan fingerprint density at radius 3 is 2.96 bits per heavy atom. The van der Waals surface area contributed by atoms with E-state index in [1.54, 1.807) is 25.1 Å². The SMILES string of the molecule is CC(CCC(=O)Nc1ccc2nc(SCC(F)F)sc2c1)=NO. The number of amides is 1. The molecule has 1 heterocycles. The van der Waals surface area contributed by atoms with E-state index in [0.29, 0.717) is 27.7 Å². The molecule has 0 saturated heterocycles. The molecule has 0 aliphatic heterocycles. The number of benzene rings is 1.